The van der Waals surface area contributed by atoms with Crippen molar-refractivity contribution in [2.75, 3.05) is 20.3 Å². The number of rotatable bonds is 7. The van der Waals surface area contributed by atoms with Gasteiger partial charge in [0.05, 0.1) is 24.9 Å². The fourth-order valence-electron chi connectivity index (χ4n) is 3.86. The van der Waals surface area contributed by atoms with Crippen LogP contribution in [0.4, 0.5) is 0 Å². The molecule has 1 aliphatic carbocycles. The van der Waals surface area contributed by atoms with E-state index in [0.717, 1.165) is 6.42 Å². The van der Waals surface area contributed by atoms with E-state index in [0.29, 0.717) is 13.0 Å². The van der Waals surface area contributed by atoms with Gasteiger partial charge in [-0.25, -0.2) is 0 Å². The summed E-state index contributed by atoms with van der Waals surface area (Å²) in [6.07, 6.45) is 0.614. The molecule has 3 aliphatic rings. The maximum absolute atomic E-state index is 11.7. The first-order valence-corrected chi connectivity index (χ1v) is 7.26. The van der Waals surface area contributed by atoms with Gasteiger partial charge in [-0.2, -0.15) is 0 Å². The van der Waals surface area contributed by atoms with Crippen LogP contribution in [0.25, 0.3) is 0 Å². The summed E-state index contributed by atoms with van der Waals surface area (Å²) in [7, 11) is 1.54. The molecule has 7 nitrogen and oxygen atoms in total. The van der Waals surface area contributed by atoms with E-state index in [4.69, 9.17) is 14.6 Å². The number of carboxylic acid groups (broad SMARTS) is 1. The number of nitrogens with one attached hydrogen (secondary N) is 1. The number of carboxylic acids is 1. The Labute approximate surface area is 123 Å². The van der Waals surface area contributed by atoms with Crippen molar-refractivity contribution < 1.29 is 29.3 Å². The maximum Gasteiger partial charge on any atom is 0.312 e. The number of carbonyl (C=O) groups is 2. The van der Waals surface area contributed by atoms with Crippen molar-refractivity contribution in [1.29, 1.82) is 0 Å². The van der Waals surface area contributed by atoms with E-state index in [-0.39, 0.29) is 30.6 Å². The molecule has 3 rings (SSSR count). The molecule has 2 aliphatic heterocycles. The predicted octanol–water partition coefficient (Wildman–Crippen LogP) is -0.232. The van der Waals surface area contributed by atoms with E-state index in [1.54, 1.807) is 7.11 Å². The third-order valence-electron chi connectivity index (χ3n) is 4.70. The number of carbonyl (C=O) groups excluding carboxylic acids is 1. The number of ether oxygens (including phenoxy) is 2. The molecule has 5 atom stereocenters. The molecule has 21 heavy (non-hydrogen) atoms. The summed E-state index contributed by atoms with van der Waals surface area (Å²) in [6.45, 7) is 2.28. The second-order valence-corrected chi connectivity index (χ2v) is 5.88. The average Bonchev–Trinajstić information content (AvgIpc) is 2.39. The maximum atomic E-state index is 11.7. The summed E-state index contributed by atoms with van der Waals surface area (Å²) in [4.78, 5) is 22.4. The fraction of sp³-hybridized carbons (Fsp3) is 0.857. The van der Waals surface area contributed by atoms with Crippen LogP contribution >= 0.6 is 0 Å². The molecule has 1 amide bonds. The first kappa shape index (κ1) is 16.2. The normalized spacial score (nSPS) is 37.7. The van der Waals surface area contributed by atoms with Crippen LogP contribution in [0.5, 0.6) is 0 Å². The Bertz CT molecular complexity index is 412. The topological polar surface area (TPSA) is 105 Å². The lowest BCUT2D eigenvalue weighted by Gasteiger charge is -2.63. The molecule has 3 N–H and O–H groups in total. The van der Waals surface area contributed by atoms with Gasteiger partial charge in [-0.3, -0.25) is 9.59 Å². The highest BCUT2D eigenvalue weighted by Crippen LogP contribution is 2.55. The molecule has 2 heterocycles. The fourth-order valence-corrected chi connectivity index (χ4v) is 3.86. The number of aliphatic hydroxyl groups excluding tert-OH is 1. The Morgan fingerprint density at radius 3 is 2.71 bits per heavy atom. The number of amides is 1. The summed E-state index contributed by atoms with van der Waals surface area (Å²) < 4.78 is 11.1. The van der Waals surface area contributed by atoms with Crippen LogP contribution < -0.4 is 5.32 Å². The smallest absolute Gasteiger partial charge is 0.312 e. The number of hydrogen-bond acceptors (Lipinski definition) is 5. The van der Waals surface area contributed by atoms with Crippen LogP contribution in [0, 0.1) is 11.8 Å². The largest absolute Gasteiger partial charge is 0.481 e. The van der Waals surface area contributed by atoms with E-state index < -0.39 is 23.9 Å². The summed E-state index contributed by atoms with van der Waals surface area (Å²) in [6, 6.07) is -0.268. The molecule has 3 fully saturated rings. The average molecular weight is 301 g/mol. The molecule has 0 radical (unpaired) electrons. The molecule has 120 valence electrons. The van der Waals surface area contributed by atoms with Crippen LogP contribution in [0.1, 0.15) is 26.2 Å². The molecule has 7 heteroatoms. The lowest BCUT2D eigenvalue weighted by atomic mass is 9.54. The van der Waals surface area contributed by atoms with Crippen LogP contribution in [-0.2, 0) is 19.1 Å². The number of aliphatic carboxylic acids is 1. The first-order chi connectivity index (χ1) is 9.97. The Balaban J connectivity index is 2.10. The lowest BCUT2D eigenvalue weighted by Crippen LogP contribution is -2.73. The summed E-state index contributed by atoms with van der Waals surface area (Å²) >= 11 is 0. The molecule has 1 saturated carbocycles. The number of methoxy groups -OCH3 is 1. The van der Waals surface area contributed by atoms with Gasteiger partial charge >= 0.3 is 5.97 Å². The van der Waals surface area contributed by atoms with E-state index >= 15 is 0 Å². The number of fused-ring (bicyclic) bond motifs is 2. The molecular weight excluding hydrogens is 278 g/mol. The zero-order valence-corrected chi connectivity index (χ0v) is 12.4. The highest BCUT2D eigenvalue weighted by Gasteiger charge is 2.63. The molecular formula is C14H23NO6. The SMILES string of the molecule is CCC1C2CC1(CO)OC(COC)C2NC(=O)CC(=O)O. The Morgan fingerprint density at radius 2 is 2.19 bits per heavy atom. The summed E-state index contributed by atoms with van der Waals surface area (Å²) in [5, 5.41) is 21.1. The number of hydrogen-bond donors (Lipinski definition) is 3. The van der Waals surface area contributed by atoms with Crippen LogP contribution in [0.2, 0.25) is 0 Å². The molecule has 0 spiro atoms. The van der Waals surface area contributed by atoms with Gasteiger partial charge < -0.3 is 25.0 Å². The Hall–Kier alpha value is -1.18. The molecule has 0 aromatic rings. The van der Waals surface area contributed by atoms with Gasteiger partial charge in [-0.1, -0.05) is 13.3 Å². The predicted molar refractivity (Wildman–Crippen MR) is 72.6 cm³/mol. The third-order valence-corrected chi connectivity index (χ3v) is 4.70. The Kier molecular flexibility index (Phi) is 4.85. The monoisotopic (exact) mass is 301 g/mol. The number of aliphatic hydroxyl groups is 1. The van der Waals surface area contributed by atoms with Gasteiger partial charge in [0.25, 0.3) is 0 Å². The molecule has 5 unspecified atom stereocenters. The summed E-state index contributed by atoms with van der Waals surface area (Å²) in [5.74, 6) is -1.31. The molecule has 2 bridgehead atoms. The standard InChI is InChI=1S/C14H23NO6/c1-3-9-8-5-14(9,7-16)21-10(6-20-2)13(8)15-11(17)4-12(18)19/h8-10,13,16H,3-7H2,1-2H3,(H,15,17)(H,18,19). The van der Waals surface area contributed by atoms with Crippen molar-refractivity contribution >= 4 is 11.9 Å². The first-order valence-electron chi connectivity index (χ1n) is 7.26. The minimum absolute atomic E-state index is 0.0436. The van der Waals surface area contributed by atoms with Gasteiger partial charge in [-0.15, -0.1) is 0 Å². The van der Waals surface area contributed by atoms with Gasteiger partial charge in [0.15, 0.2) is 0 Å². The highest BCUT2D eigenvalue weighted by molar-refractivity contribution is 5.93. The zero-order chi connectivity index (χ0) is 15.6. The Morgan fingerprint density at radius 1 is 1.48 bits per heavy atom. The zero-order valence-electron chi connectivity index (χ0n) is 12.4. The van der Waals surface area contributed by atoms with Crippen molar-refractivity contribution in [3.63, 3.8) is 0 Å². The van der Waals surface area contributed by atoms with Gasteiger partial charge in [0, 0.05) is 7.11 Å². The molecule has 0 aromatic carbocycles. The van der Waals surface area contributed by atoms with Crippen molar-refractivity contribution in [3.05, 3.63) is 0 Å². The van der Waals surface area contributed by atoms with Crippen LogP contribution in [0.15, 0.2) is 0 Å². The van der Waals surface area contributed by atoms with Crippen molar-refractivity contribution in [3.8, 4) is 0 Å². The van der Waals surface area contributed by atoms with Crippen molar-refractivity contribution in [1.82, 2.24) is 5.32 Å². The van der Waals surface area contributed by atoms with Gasteiger partial charge in [0.1, 0.15) is 12.5 Å². The van der Waals surface area contributed by atoms with Gasteiger partial charge in [-0.05, 0) is 18.3 Å². The molecule has 2 saturated heterocycles. The lowest BCUT2D eigenvalue weighted by molar-refractivity contribution is -0.292. The minimum Gasteiger partial charge on any atom is -0.481 e. The van der Waals surface area contributed by atoms with E-state index in [9.17, 15) is 14.7 Å². The van der Waals surface area contributed by atoms with Gasteiger partial charge in [0.2, 0.25) is 5.91 Å². The summed E-state index contributed by atoms with van der Waals surface area (Å²) in [5.41, 5.74) is -0.531. The van der Waals surface area contributed by atoms with E-state index in [1.807, 2.05) is 6.92 Å². The highest BCUT2D eigenvalue weighted by atomic mass is 16.6. The van der Waals surface area contributed by atoms with E-state index in [1.165, 1.54) is 0 Å². The quantitative estimate of drug-likeness (QED) is 0.561. The third kappa shape index (κ3) is 2.90. The van der Waals surface area contributed by atoms with E-state index in [2.05, 4.69) is 5.32 Å². The second kappa shape index (κ2) is 6.29. The van der Waals surface area contributed by atoms with Crippen molar-refractivity contribution in [2.45, 2.75) is 43.9 Å². The van der Waals surface area contributed by atoms with Crippen LogP contribution in [-0.4, -0.2) is 60.2 Å². The molecule has 0 aromatic heterocycles. The minimum atomic E-state index is -1.15. The second-order valence-electron chi connectivity index (χ2n) is 5.88. The van der Waals surface area contributed by atoms with Crippen LogP contribution in [0.3, 0.4) is 0 Å². The van der Waals surface area contributed by atoms with Crippen molar-refractivity contribution in [2.24, 2.45) is 11.8 Å².